The zero-order chi connectivity index (χ0) is 11.1. The van der Waals surface area contributed by atoms with E-state index in [9.17, 15) is 4.39 Å². The summed E-state index contributed by atoms with van der Waals surface area (Å²) in [4.78, 5) is 0. The molecule has 0 atom stereocenters. The maximum Gasteiger partial charge on any atom is 0.171 e. The highest BCUT2D eigenvalue weighted by molar-refractivity contribution is 9.10. The van der Waals surface area contributed by atoms with Crippen LogP contribution in [0.1, 0.15) is 24.8 Å². The number of methoxy groups -OCH3 is 1. The minimum absolute atomic E-state index is 0.255. The highest BCUT2D eigenvalue weighted by Crippen LogP contribution is 2.44. The Morgan fingerprint density at radius 2 is 2.13 bits per heavy atom. The van der Waals surface area contributed by atoms with E-state index in [-0.39, 0.29) is 11.6 Å². The third kappa shape index (κ3) is 1.66. The van der Waals surface area contributed by atoms with Crippen molar-refractivity contribution in [2.45, 2.75) is 24.8 Å². The van der Waals surface area contributed by atoms with Crippen LogP contribution < -0.4 is 10.5 Å². The van der Waals surface area contributed by atoms with Gasteiger partial charge in [0.05, 0.1) is 7.11 Å². The van der Waals surface area contributed by atoms with Gasteiger partial charge < -0.3 is 10.5 Å². The van der Waals surface area contributed by atoms with Gasteiger partial charge in [-0.25, -0.2) is 4.39 Å². The maximum absolute atomic E-state index is 14.0. The fourth-order valence-corrected chi connectivity index (χ4v) is 2.66. The molecule has 0 heterocycles. The first-order valence-electron chi connectivity index (χ1n) is 4.90. The molecule has 0 aliphatic heterocycles. The monoisotopic (exact) mass is 273 g/mol. The van der Waals surface area contributed by atoms with Crippen LogP contribution in [0.5, 0.6) is 5.75 Å². The van der Waals surface area contributed by atoms with Crippen molar-refractivity contribution in [3.63, 3.8) is 0 Å². The fourth-order valence-electron chi connectivity index (χ4n) is 1.96. The van der Waals surface area contributed by atoms with Crippen LogP contribution in [0.15, 0.2) is 16.6 Å². The molecule has 2 N–H and O–H groups in total. The molecule has 1 aromatic carbocycles. The Balaban J connectivity index is 2.53. The lowest BCUT2D eigenvalue weighted by molar-refractivity contribution is 0.240. The summed E-state index contributed by atoms with van der Waals surface area (Å²) in [5.74, 6) is -0.0843. The maximum atomic E-state index is 14.0. The standard InChI is InChI=1S/C11H13BrFNO/c1-15-8-4-3-7(12)9(10(8)13)11(14)5-2-6-11/h3-4H,2,5-6,14H2,1H3. The molecule has 0 bridgehead atoms. The predicted octanol–water partition coefficient (Wildman–Crippen LogP) is 2.93. The van der Waals surface area contributed by atoms with Gasteiger partial charge in [0.1, 0.15) is 0 Å². The Hall–Kier alpha value is -0.610. The fraction of sp³-hybridized carbons (Fsp3) is 0.455. The van der Waals surface area contributed by atoms with Gasteiger partial charge in [0.15, 0.2) is 11.6 Å². The number of ether oxygens (including phenoxy) is 1. The summed E-state index contributed by atoms with van der Waals surface area (Å²) in [7, 11) is 1.46. The van der Waals surface area contributed by atoms with Crippen molar-refractivity contribution in [1.82, 2.24) is 0 Å². The summed E-state index contributed by atoms with van der Waals surface area (Å²) in [5, 5.41) is 0. The molecule has 0 amide bonds. The van der Waals surface area contributed by atoms with E-state index in [1.54, 1.807) is 12.1 Å². The topological polar surface area (TPSA) is 35.2 Å². The van der Waals surface area contributed by atoms with Crippen molar-refractivity contribution in [1.29, 1.82) is 0 Å². The Kier molecular flexibility index (Phi) is 2.73. The van der Waals surface area contributed by atoms with Crippen molar-refractivity contribution in [3.05, 3.63) is 28.0 Å². The quantitative estimate of drug-likeness (QED) is 0.899. The van der Waals surface area contributed by atoms with Gasteiger partial charge in [-0.1, -0.05) is 15.9 Å². The number of hydrogen-bond acceptors (Lipinski definition) is 2. The van der Waals surface area contributed by atoms with Gasteiger partial charge in [0.2, 0.25) is 0 Å². The predicted molar refractivity (Wildman–Crippen MR) is 60.4 cm³/mol. The lowest BCUT2D eigenvalue weighted by Gasteiger charge is -2.39. The molecule has 0 aromatic heterocycles. The lowest BCUT2D eigenvalue weighted by Crippen LogP contribution is -2.44. The summed E-state index contributed by atoms with van der Waals surface area (Å²) < 4.78 is 19.7. The van der Waals surface area contributed by atoms with Gasteiger partial charge >= 0.3 is 0 Å². The summed E-state index contributed by atoms with van der Waals surface area (Å²) in [6.45, 7) is 0. The SMILES string of the molecule is COc1ccc(Br)c(C2(N)CCC2)c1F. The normalized spacial score (nSPS) is 18.4. The van der Waals surface area contributed by atoms with E-state index < -0.39 is 5.54 Å². The molecule has 82 valence electrons. The van der Waals surface area contributed by atoms with Crippen molar-refractivity contribution in [2.24, 2.45) is 5.73 Å². The third-order valence-corrected chi connectivity index (χ3v) is 3.68. The molecule has 1 aliphatic rings. The van der Waals surface area contributed by atoms with Crippen LogP contribution in [-0.2, 0) is 5.54 Å². The van der Waals surface area contributed by atoms with E-state index >= 15 is 0 Å². The summed E-state index contributed by atoms with van der Waals surface area (Å²) in [5.41, 5.74) is 6.16. The van der Waals surface area contributed by atoms with Crippen LogP contribution in [-0.4, -0.2) is 7.11 Å². The second kappa shape index (κ2) is 3.76. The summed E-state index contributed by atoms with van der Waals surface area (Å²) in [6.07, 6.45) is 2.71. The van der Waals surface area contributed by atoms with E-state index in [1.807, 2.05) is 0 Å². The molecule has 0 spiro atoms. The van der Waals surface area contributed by atoms with E-state index in [4.69, 9.17) is 10.5 Å². The highest BCUT2D eigenvalue weighted by atomic mass is 79.9. The smallest absolute Gasteiger partial charge is 0.171 e. The first-order valence-corrected chi connectivity index (χ1v) is 5.69. The molecule has 2 rings (SSSR count). The second-order valence-corrected chi connectivity index (χ2v) is 4.80. The molecule has 15 heavy (non-hydrogen) atoms. The van der Waals surface area contributed by atoms with Gasteiger partial charge in [0.25, 0.3) is 0 Å². The molecule has 4 heteroatoms. The molecular weight excluding hydrogens is 261 g/mol. The summed E-state index contributed by atoms with van der Waals surface area (Å²) in [6, 6.07) is 3.38. The average Bonchev–Trinajstić information content (AvgIpc) is 2.15. The van der Waals surface area contributed by atoms with Crippen molar-refractivity contribution in [2.75, 3.05) is 7.11 Å². The number of hydrogen-bond donors (Lipinski definition) is 1. The van der Waals surface area contributed by atoms with E-state index in [0.717, 1.165) is 23.7 Å². The Morgan fingerprint density at radius 1 is 1.47 bits per heavy atom. The highest BCUT2D eigenvalue weighted by Gasteiger charge is 2.39. The van der Waals surface area contributed by atoms with E-state index in [1.165, 1.54) is 7.11 Å². The first-order chi connectivity index (χ1) is 7.08. The lowest BCUT2D eigenvalue weighted by atomic mass is 9.72. The van der Waals surface area contributed by atoms with Crippen LogP contribution in [0.4, 0.5) is 4.39 Å². The van der Waals surface area contributed by atoms with Crippen LogP contribution in [0.25, 0.3) is 0 Å². The zero-order valence-corrected chi connectivity index (χ0v) is 10.1. The van der Waals surface area contributed by atoms with Gasteiger partial charge in [0, 0.05) is 15.6 Å². The number of rotatable bonds is 2. The van der Waals surface area contributed by atoms with E-state index in [2.05, 4.69) is 15.9 Å². The van der Waals surface area contributed by atoms with Gasteiger partial charge in [-0.05, 0) is 31.4 Å². The van der Waals surface area contributed by atoms with Crippen molar-refractivity contribution >= 4 is 15.9 Å². The Bertz CT molecular complexity index is 390. The van der Waals surface area contributed by atoms with Crippen molar-refractivity contribution in [3.8, 4) is 5.75 Å². The Labute approximate surface area is 96.7 Å². The van der Waals surface area contributed by atoms with Crippen LogP contribution in [0.2, 0.25) is 0 Å². The molecular formula is C11H13BrFNO. The third-order valence-electron chi connectivity index (χ3n) is 3.02. The van der Waals surface area contributed by atoms with Gasteiger partial charge in [-0.15, -0.1) is 0 Å². The molecule has 0 unspecified atom stereocenters. The minimum atomic E-state index is -0.516. The average molecular weight is 274 g/mol. The molecule has 1 saturated carbocycles. The van der Waals surface area contributed by atoms with E-state index in [0.29, 0.717) is 5.56 Å². The molecule has 1 aliphatic carbocycles. The minimum Gasteiger partial charge on any atom is -0.494 e. The Morgan fingerprint density at radius 3 is 2.60 bits per heavy atom. The molecule has 1 fully saturated rings. The molecule has 0 saturated heterocycles. The van der Waals surface area contributed by atoms with Crippen LogP contribution >= 0.6 is 15.9 Å². The molecule has 0 radical (unpaired) electrons. The van der Waals surface area contributed by atoms with Crippen LogP contribution in [0.3, 0.4) is 0 Å². The number of benzene rings is 1. The second-order valence-electron chi connectivity index (χ2n) is 3.95. The first kappa shape index (κ1) is 10.9. The number of nitrogens with two attached hydrogens (primary N) is 1. The molecule has 2 nitrogen and oxygen atoms in total. The molecule has 1 aromatic rings. The van der Waals surface area contributed by atoms with Gasteiger partial charge in [-0.3, -0.25) is 0 Å². The summed E-state index contributed by atoms with van der Waals surface area (Å²) >= 11 is 3.35. The number of halogens is 2. The largest absolute Gasteiger partial charge is 0.494 e. The van der Waals surface area contributed by atoms with Gasteiger partial charge in [-0.2, -0.15) is 0 Å². The van der Waals surface area contributed by atoms with Crippen LogP contribution in [0, 0.1) is 5.82 Å². The zero-order valence-electron chi connectivity index (χ0n) is 8.52. The van der Waals surface area contributed by atoms with Crippen molar-refractivity contribution < 1.29 is 9.13 Å².